The summed E-state index contributed by atoms with van der Waals surface area (Å²) in [6, 6.07) is 0.278. The average molecular weight is 227 g/mol. The van der Waals surface area contributed by atoms with Gasteiger partial charge in [-0.05, 0) is 12.8 Å². The lowest BCUT2D eigenvalue weighted by molar-refractivity contribution is -0.131. The number of rotatable bonds is 5. The van der Waals surface area contributed by atoms with Crippen molar-refractivity contribution in [1.29, 1.82) is 0 Å². The Bertz CT molecular complexity index is 248. The van der Waals surface area contributed by atoms with E-state index in [-0.39, 0.29) is 30.9 Å². The van der Waals surface area contributed by atoms with Crippen LogP contribution in [0.3, 0.4) is 0 Å². The number of hydrogen-bond acceptors (Lipinski definition) is 3. The van der Waals surface area contributed by atoms with Crippen LogP contribution in [0.25, 0.3) is 0 Å². The van der Waals surface area contributed by atoms with Gasteiger partial charge in [0.15, 0.2) is 0 Å². The van der Waals surface area contributed by atoms with Gasteiger partial charge in [0, 0.05) is 19.1 Å². The van der Waals surface area contributed by atoms with E-state index < -0.39 is 0 Å². The predicted molar refractivity (Wildman–Crippen MR) is 62.0 cm³/mol. The Hall–Kier alpha value is -1.10. The van der Waals surface area contributed by atoms with E-state index in [1.165, 1.54) is 0 Å². The zero-order chi connectivity index (χ0) is 12.0. The molecule has 0 aliphatic carbocycles. The highest BCUT2D eigenvalue weighted by atomic mass is 16.2. The average Bonchev–Trinajstić information content (AvgIpc) is 2.76. The summed E-state index contributed by atoms with van der Waals surface area (Å²) >= 11 is 0. The van der Waals surface area contributed by atoms with Gasteiger partial charge in [-0.1, -0.05) is 13.8 Å². The molecule has 0 aromatic rings. The van der Waals surface area contributed by atoms with E-state index in [0.717, 1.165) is 25.9 Å². The Labute approximate surface area is 96.6 Å². The molecule has 5 heteroatoms. The minimum atomic E-state index is -0.124. The van der Waals surface area contributed by atoms with Crippen LogP contribution in [0, 0.1) is 0 Å². The lowest BCUT2D eigenvalue weighted by Crippen LogP contribution is -2.42. The van der Waals surface area contributed by atoms with Gasteiger partial charge in [-0.2, -0.15) is 0 Å². The third-order valence-corrected chi connectivity index (χ3v) is 2.57. The normalized spacial score (nSPS) is 15.6. The van der Waals surface area contributed by atoms with E-state index in [0.29, 0.717) is 0 Å². The Morgan fingerprint density at radius 1 is 1.19 bits per heavy atom. The third kappa shape index (κ3) is 4.61. The van der Waals surface area contributed by atoms with E-state index >= 15 is 0 Å². The summed E-state index contributed by atoms with van der Waals surface area (Å²) in [5.41, 5.74) is 0. The molecule has 2 N–H and O–H groups in total. The van der Waals surface area contributed by atoms with E-state index in [4.69, 9.17) is 0 Å². The smallest absolute Gasteiger partial charge is 0.241 e. The second-order valence-corrected chi connectivity index (χ2v) is 4.40. The van der Waals surface area contributed by atoms with Crippen molar-refractivity contribution in [3.8, 4) is 0 Å². The minimum absolute atomic E-state index is 0.0235. The molecule has 16 heavy (non-hydrogen) atoms. The molecule has 1 rings (SSSR count). The number of carbonyl (C=O) groups is 2. The molecule has 0 radical (unpaired) electrons. The fourth-order valence-corrected chi connectivity index (χ4v) is 1.61. The Kier molecular flexibility index (Phi) is 5.25. The van der Waals surface area contributed by atoms with Crippen LogP contribution in [0.1, 0.15) is 26.7 Å². The largest absolute Gasteiger partial charge is 0.346 e. The number of likely N-dealkylation sites (tertiary alicyclic amines) is 1. The minimum Gasteiger partial charge on any atom is -0.346 e. The van der Waals surface area contributed by atoms with Gasteiger partial charge in [0.05, 0.1) is 13.1 Å². The summed E-state index contributed by atoms with van der Waals surface area (Å²) in [7, 11) is 0. The van der Waals surface area contributed by atoms with Gasteiger partial charge < -0.3 is 15.5 Å². The Morgan fingerprint density at radius 2 is 1.81 bits per heavy atom. The second kappa shape index (κ2) is 6.48. The van der Waals surface area contributed by atoms with Crippen molar-refractivity contribution in [3.63, 3.8) is 0 Å². The van der Waals surface area contributed by atoms with Crippen LogP contribution < -0.4 is 10.6 Å². The highest BCUT2D eigenvalue weighted by Crippen LogP contribution is 2.06. The first kappa shape index (κ1) is 13.0. The van der Waals surface area contributed by atoms with Crippen LogP contribution in [0.4, 0.5) is 0 Å². The zero-order valence-corrected chi connectivity index (χ0v) is 10.1. The van der Waals surface area contributed by atoms with Crippen LogP contribution in [0.15, 0.2) is 0 Å². The standard InChI is InChI=1S/C11H21N3O2/c1-9(2)12-7-10(15)13-8-11(16)14-5-3-4-6-14/h9,12H,3-8H2,1-2H3,(H,13,15). The summed E-state index contributed by atoms with van der Waals surface area (Å²) in [6.45, 7) is 6.01. The van der Waals surface area contributed by atoms with E-state index in [9.17, 15) is 9.59 Å². The van der Waals surface area contributed by atoms with Gasteiger partial charge in [-0.3, -0.25) is 9.59 Å². The monoisotopic (exact) mass is 227 g/mol. The molecule has 1 aliphatic heterocycles. The van der Waals surface area contributed by atoms with Crippen LogP contribution >= 0.6 is 0 Å². The van der Waals surface area contributed by atoms with Gasteiger partial charge in [0.25, 0.3) is 0 Å². The summed E-state index contributed by atoms with van der Waals surface area (Å²) < 4.78 is 0. The SMILES string of the molecule is CC(C)NCC(=O)NCC(=O)N1CCCC1. The molecular formula is C11H21N3O2. The molecular weight excluding hydrogens is 206 g/mol. The van der Waals surface area contributed by atoms with Crippen molar-refractivity contribution in [2.24, 2.45) is 0 Å². The number of carbonyl (C=O) groups excluding carboxylic acids is 2. The summed E-state index contributed by atoms with van der Waals surface area (Å²) in [5.74, 6) is -0.100. The van der Waals surface area contributed by atoms with Gasteiger partial charge >= 0.3 is 0 Å². The molecule has 5 nitrogen and oxygen atoms in total. The van der Waals surface area contributed by atoms with Gasteiger partial charge in [-0.25, -0.2) is 0 Å². The first-order valence-corrected chi connectivity index (χ1v) is 5.87. The first-order chi connectivity index (χ1) is 7.59. The van der Waals surface area contributed by atoms with Crippen molar-refractivity contribution in [2.75, 3.05) is 26.2 Å². The Balaban J connectivity index is 2.13. The molecule has 0 bridgehead atoms. The van der Waals surface area contributed by atoms with E-state index in [1.54, 1.807) is 4.90 Å². The number of nitrogens with zero attached hydrogens (tertiary/aromatic N) is 1. The molecule has 1 saturated heterocycles. The molecule has 0 saturated carbocycles. The molecule has 0 spiro atoms. The van der Waals surface area contributed by atoms with Crippen molar-refractivity contribution in [3.05, 3.63) is 0 Å². The lowest BCUT2D eigenvalue weighted by Gasteiger charge is -2.15. The molecule has 2 amide bonds. The molecule has 92 valence electrons. The summed E-state index contributed by atoms with van der Waals surface area (Å²) in [5, 5.41) is 5.62. The fraction of sp³-hybridized carbons (Fsp3) is 0.818. The topological polar surface area (TPSA) is 61.4 Å². The quantitative estimate of drug-likeness (QED) is 0.679. The van der Waals surface area contributed by atoms with Crippen molar-refractivity contribution in [1.82, 2.24) is 15.5 Å². The van der Waals surface area contributed by atoms with Crippen molar-refractivity contribution in [2.45, 2.75) is 32.7 Å². The van der Waals surface area contributed by atoms with Crippen LogP contribution in [0.2, 0.25) is 0 Å². The second-order valence-electron chi connectivity index (χ2n) is 4.40. The molecule has 0 aromatic heterocycles. The highest BCUT2D eigenvalue weighted by Gasteiger charge is 2.17. The number of nitrogens with one attached hydrogen (secondary N) is 2. The number of hydrogen-bond donors (Lipinski definition) is 2. The molecule has 0 atom stereocenters. The van der Waals surface area contributed by atoms with Gasteiger partial charge in [0.1, 0.15) is 0 Å². The van der Waals surface area contributed by atoms with E-state index in [2.05, 4.69) is 10.6 Å². The third-order valence-electron chi connectivity index (χ3n) is 2.57. The highest BCUT2D eigenvalue weighted by molar-refractivity contribution is 5.85. The summed E-state index contributed by atoms with van der Waals surface area (Å²) in [4.78, 5) is 24.7. The van der Waals surface area contributed by atoms with Crippen molar-refractivity contribution >= 4 is 11.8 Å². The van der Waals surface area contributed by atoms with E-state index in [1.807, 2.05) is 13.8 Å². The van der Waals surface area contributed by atoms with Crippen LogP contribution in [0.5, 0.6) is 0 Å². The zero-order valence-electron chi connectivity index (χ0n) is 10.1. The molecule has 0 aromatic carbocycles. The Morgan fingerprint density at radius 3 is 2.38 bits per heavy atom. The maximum atomic E-state index is 11.6. The summed E-state index contributed by atoms with van der Waals surface area (Å²) in [6.07, 6.45) is 2.16. The van der Waals surface area contributed by atoms with Gasteiger partial charge in [-0.15, -0.1) is 0 Å². The maximum Gasteiger partial charge on any atom is 0.241 e. The lowest BCUT2D eigenvalue weighted by atomic mass is 10.4. The molecule has 1 fully saturated rings. The maximum absolute atomic E-state index is 11.6. The van der Waals surface area contributed by atoms with Crippen LogP contribution in [-0.4, -0.2) is 48.9 Å². The molecule has 0 unspecified atom stereocenters. The molecule has 1 aliphatic rings. The number of amides is 2. The first-order valence-electron chi connectivity index (χ1n) is 5.87. The van der Waals surface area contributed by atoms with Crippen molar-refractivity contribution < 1.29 is 9.59 Å². The van der Waals surface area contributed by atoms with Gasteiger partial charge in [0.2, 0.25) is 11.8 Å². The van der Waals surface area contributed by atoms with Crippen LogP contribution in [-0.2, 0) is 9.59 Å². The molecule has 1 heterocycles. The predicted octanol–water partition coefficient (Wildman–Crippen LogP) is -0.277. The fourth-order valence-electron chi connectivity index (χ4n) is 1.61.